The molecule has 4 rings (SSSR count). The SMILES string of the molecule is O=C(CC1CCCC1)N1CCCC1c1cccc(CN2CCOCC2)n1. The average molecular weight is 357 g/mol. The second-order valence-electron chi connectivity index (χ2n) is 8.04. The first-order valence-corrected chi connectivity index (χ1v) is 10.3. The Morgan fingerprint density at radius 3 is 2.69 bits per heavy atom. The van der Waals surface area contributed by atoms with Gasteiger partial charge in [0.25, 0.3) is 0 Å². The third-order valence-corrected chi connectivity index (χ3v) is 6.17. The van der Waals surface area contributed by atoms with E-state index < -0.39 is 0 Å². The van der Waals surface area contributed by atoms with Crippen LogP contribution in [0, 0.1) is 5.92 Å². The molecule has 1 aromatic rings. The molecule has 1 atom stereocenters. The zero-order chi connectivity index (χ0) is 17.8. The predicted octanol–water partition coefficient (Wildman–Crippen LogP) is 3.16. The van der Waals surface area contributed by atoms with Crippen LogP contribution < -0.4 is 0 Å². The molecule has 1 aliphatic carbocycles. The first-order valence-electron chi connectivity index (χ1n) is 10.3. The fourth-order valence-corrected chi connectivity index (χ4v) is 4.71. The third-order valence-electron chi connectivity index (χ3n) is 6.17. The molecule has 0 spiro atoms. The van der Waals surface area contributed by atoms with Crippen molar-refractivity contribution in [2.24, 2.45) is 5.92 Å². The van der Waals surface area contributed by atoms with Crippen LogP contribution in [0.4, 0.5) is 0 Å². The van der Waals surface area contributed by atoms with Crippen molar-refractivity contribution in [3.8, 4) is 0 Å². The second-order valence-corrected chi connectivity index (χ2v) is 8.04. The Morgan fingerprint density at radius 2 is 1.88 bits per heavy atom. The van der Waals surface area contributed by atoms with Gasteiger partial charge in [-0.3, -0.25) is 14.7 Å². The number of pyridine rings is 1. The number of morpholine rings is 1. The lowest BCUT2D eigenvalue weighted by Crippen LogP contribution is -2.36. The molecule has 0 radical (unpaired) electrons. The predicted molar refractivity (Wildman–Crippen MR) is 101 cm³/mol. The number of ether oxygens (including phenoxy) is 1. The zero-order valence-corrected chi connectivity index (χ0v) is 15.7. The van der Waals surface area contributed by atoms with Gasteiger partial charge in [0.2, 0.25) is 5.91 Å². The van der Waals surface area contributed by atoms with Crippen molar-refractivity contribution in [3.05, 3.63) is 29.6 Å². The summed E-state index contributed by atoms with van der Waals surface area (Å²) in [7, 11) is 0. The van der Waals surface area contributed by atoms with Crippen LogP contribution >= 0.6 is 0 Å². The van der Waals surface area contributed by atoms with Gasteiger partial charge in [-0.15, -0.1) is 0 Å². The van der Waals surface area contributed by atoms with Gasteiger partial charge in [0.15, 0.2) is 0 Å². The molecule has 0 N–H and O–H groups in total. The standard InChI is InChI=1S/C21H31N3O2/c25-21(15-17-5-1-2-6-17)24-10-4-9-20(24)19-8-3-7-18(22-19)16-23-11-13-26-14-12-23/h3,7-8,17,20H,1-2,4-6,9-16H2. The Balaban J connectivity index is 1.41. The largest absolute Gasteiger partial charge is 0.379 e. The number of carbonyl (C=O) groups is 1. The van der Waals surface area contributed by atoms with E-state index in [0.29, 0.717) is 11.8 Å². The lowest BCUT2D eigenvalue weighted by molar-refractivity contribution is -0.133. The zero-order valence-electron chi connectivity index (χ0n) is 15.7. The van der Waals surface area contributed by atoms with Gasteiger partial charge < -0.3 is 9.64 Å². The molecule has 1 aromatic heterocycles. The molecular weight excluding hydrogens is 326 g/mol. The molecule has 5 nitrogen and oxygen atoms in total. The van der Waals surface area contributed by atoms with Gasteiger partial charge in [-0.05, 0) is 43.7 Å². The van der Waals surface area contributed by atoms with E-state index in [1.165, 1.54) is 25.7 Å². The minimum Gasteiger partial charge on any atom is -0.379 e. The fraction of sp³-hybridized carbons (Fsp3) is 0.714. The van der Waals surface area contributed by atoms with E-state index in [0.717, 1.165) is 70.0 Å². The summed E-state index contributed by atoms with van der Waals surface area (Å²) in [5.74, 6) is 0.962. The van der Waals surface area contributed by atoms with E-state index in [9.17, 15) is 4.79 Å². The van der Waals surface area contributed by atoms with Crippen molar-refractivity contribution in [2.45, 2.75) is 57.5 Å². The summed E-state index contributed by atoms with van der Waals surface area (Å²) in [6, 6.07) is 6.50. The van der Waals surface area contributed by atoms with E-state index in [1.807, 2.05) is 0 Å². The van der Waals surface area contributed by atoms with Crippen LogP contribution in [-0.4, -0.2) is 53.5 Å². The highest BCUT2D eigenvalue weighted by Gasteiger charge is 2.32. The van der Waals surface area contributed by atoms with Crippen molar-refractivity contribution in [2.75, 3.05) is 32.8 Å². The van der Waals surface area contributed by atoms with E-state index >= 15 is 0 Å². The molecule has 2 saturated heterocycles. The van der Waals surface area contributed by atoms with Crippen molar-refractivity contribution >= 4 is 5.91 Å². The molecule has 3 aliphatic rings. The maximum atomic E-state index is 12.9. The number of hydrogen-bond acceptors (Lipinski definition) is 4. The maximum Gasteiger partial charge on any atom is 0.223 e. The van der Waals surface area contributed by atoms with Crippen molar-refractivity contribution in [1.29, 1.82) is 0 Å². The van der Waals surface area contributed by atoms with E-state index in [-0.39, 0.29) is 6.04 Å². The Bertz CT molecular complexity index is 609. The van der Waals surface area contributed by atoms with Crippen LogP contribution in [0.15, 0.2) is 18.2 Å². The van der Waals surface area contributed by atoms with Gasteiger partial charge in [0.05, 0.1) is 30.6 Å². The van der Waals surface area contributed by atoms with Gasteiger partial charge in [0, 0.05) is 32.6 Å². The Hall–Kier alpha value is -1.46. The quantitative estimate of drug-likeness (QED) is 0.812. The van der Waals surface area contributed by atoms with Crippen LogP contribution in [0.3, 0.4) is 0 Å². The number of amides is 1. The van der Waals surface area contributed by atoms with Gasteiger partial charge in [-0.25, -0.2) is 0 Å². The summed E-state index contributed by atoms with van der Waals surface area (Å²) in [5, 5.41) is 0. The van der Waals surface area contributed by atoms with Crippen LogP contribution in [0.1, 0.15) is 62.4 Å². The van der Waals surface area contributed by atoms with Crippen molar-refractivity contribution in [3.63, 3.8) is 0 Å². The Morgan fingerprint density at radius 1 is 1.08 bits per heavy atom. The first kappa shape index (κ1) is 17.9. The summed E-state index contributed by atoms with van der Waals surface area (Å²) < 4.78 is 5.43. The first-order chi connectivity index (χ1) is 12.8. The summed E-state index contributed by atoms with van der Waals surface area (Å²) in [5.41, 5.74) is 2.19. The lowest BCUT2D eigenvalue weighted by atomic mass is 10.0. The van der Waals surface area contributed by atoms with E-state index in [4.69, 9.17) is 9.72 Å². The van der Waals surface area contributed by atoms with Crippen molar-refractivity contribution in [1.82, 2.24) is 14.8 Å². The maximum absolute atomic E-state index is 12.9. The van der Waals surface area contributed by atoms with Gasteiger partial charge in [-0.1, -0.05) is 18.9 Å². The van der Waals surface area contributed by atoms with Crippen LogP contribution in [-0.2, 0) is 16.1 Å². The lowest BCUT2D eigenvalue weighted by Gasteiger charge is -2.28. The monoisotopic (exact) mass is 357 g/mol. The molecule has 3 fully saturated rings. The minimum absolute atomic E-state index is 0.175. The normalized spacial score (nSPS) is 25.1. The smallest absolute Gasteiger partial charge is 0.223 e. The Labute approximate surface area is 156 Å². The van der Waals surface area contributed by atoms with Gasteiger partial charge in [0.1, 0.15) is 0 Å². The van der Waals surface area contributed by atoms with Crippen LogP contribution in [0.25, 0.3) is 0 Å². The summed E-state index contributed by atoms with van der Waals surface area (Å²) in [4.78, 5) is 22.3. The molecular formula is C21H31N3O2. The van der Waals surface area contributed by atoms with E-state index in [1.54, 1.807) is 0 Å². The topological polar surface area (TPSA) is 45.7 Å². The highest BCUT2D eigenvalue weighted by molar-refractivity contribution is 5.77. The molecule has 1 amide bonds. The van der Waals surface area contributed by atoms with E-state index in [2.05, 4.69) is 28.0 Å². The summed E-state index contributed by atoms with van der Waals surface area (Å²) in [6.07, 6.45) is 7.94. The van der Waals surface area contributed by atoms with Gasteiger partial charge in [-0.2, -0.15) is 0 Å². The van der Waals surface area contributed by atoms with Crippen LogP contribution in [0.5, 0.6) is 0 Å². The minimum atomic E-state index is 0.175. The number of nitrogens with zero attached hydrogens (tertiary/aromatic N) is 3. The molecule has 0 bridgehead atoms. The van der Waals surface area contributed by atoms with Crippen LogP contribution in [0.2, 0.25) is 0 Å². The van der Waals surface area contributed by atoms with Crippen molar-refractivity contribution < 1.29 is 9.53 Å². The number of rotatable bonds is 5. The molecule has 26 heavy (non-hydrogen) atoms. The number of hydrogen-bond donors (Lipinski definition) is 0. The molecule has 3 heterocycles. The molecule has 1 saturated carbocycles. The average Bonchev–Trinajstić information content (AvgIpc) is 3.34. The highest BCUT2D eigenvalue weighted by Crippen LogP contribution is 2.34. The molecule has 0 aromatic carbocycles. The number of carbonyl (C=O) groups excluding carboxylic acids is 1. The molecule has 1 unspecified atom stereocenters. The third kappa shape index (κ3) is 4.26. The molecule has 5 heteroatoms. The van der Waals surface area contributed by atoms with Gasteiger partial charge >= 0.3 is 0 Å². The molecule has 2 aliphatic heterocycles. The second kappa shape index (κ2) is 8.49. The Kier molecular flexibility index (Phi) is 5.85. The summed E-state index contributed by atoms with van der Waals surface area (Å²) >= 11 is 0. The highest BCUT2D eigenvalue weighted by atomic mass is 16.5. The summed E-state index contributed by atoms with van der Waals surface area (Å²) in [6.45, 7) is 5.34. The number of aromatic nitrogens is 1. The fourth-order valence-electron chi connectivity index (χ4n) is 4.71. The number of likely N-dealkylation sites (tertiary alicyclic amines) is 1. The molecule has 142 valence electrons.